The second kappa shape index (κ2) is 7.45. The highest BCUT2D eigenvalue weighted by molar-refractivity contribution is 9.10. The van der Waals surface area contributed by atoms with Gasteiger partial charge >= 0.3 is 6.09 Å². The molecule has 26 heavy (non-hydrogen) atoms. The van der Waals surface area contributed by atoms with Crippen LogP contribution in [0.2, 0.25) is 0 Å². The van der Waals surface area contributed by atoms with Gasteiger partial charge in [0.25, 0.3) is 5.56 Å². The first-order valence-electron chi connectivity index (χ1n) is 8.02. The number of hydrogen-bond acceptors (Lipinski definition) is 5. The number of nitrogens with zero attached hydrogens (tertiary/aromatic N) is 3. The lowest BCUT2D eigenvalue weighted by molar-refractivity contribution is 0.191. The summed E-state index contributed by atoms with van der Waals surface area (Å²) in [5.41, 5.74) is 0.382. The van der Waals surface area contributed by atoms with E-state index in [2.05, 4.69) is 21.0 Å². The Hall–Kier alpha value is -2.42. The van der Waals surface area contributed by atoms with E-state index in [0.29, 0.717) is 47.6 Å². The van der Waals surface area contributed by atoms with E-state index in [-0.39, 0.29) is 16.2 Å². The molecule has 0 radical (unpaired) electrons. The van der Waals surface area contributed by atoms with Gasteiger partial charge in [-0.05, 0) is 46.8 Å². The van der Waals surface area contributed by atoms with Crippen molar-refractivity contribution in [3.05, 3.63) is 50.6 Å². The van der Waals surface area contributed by atoms with E-state index in [9.17, 15) is 14.0 Å². The van der Waals surface area contributed by atoms with Crippen LogP contribution in [-0.4, -0.2) is 41.2 Å². The van der Waals surface area contributed by atoms with E-state index in [1.165, 1.54) is 19.4 Å². The van der Waals surface area contributed by atoms with Crippen molar-refractivity contribution in [3.8, 4) is 5.75 Å². The van der Waals surface area contributed by atoms with Crippen LogP contribution in [0.1, 0.15) is 24.3 Å². The van der Waals surface area contributed by atoms with Crippen LogP contribution in [0.3, 0.4) is 0 Å². The topological polar surface area (TPSA) is 84.7 Å². The number of halogens is 2. The number of aromatic nitrogens is 2. The Labute approximate surface area is 157 Å². The summed E-state index contributed by atoms with van der Waals surface area (Å²) in [4.78, 5) is 25.0. The molecule has 0 bridgehead atoms. The molecule has 1 aliphatic rings. The van der Waals surface area contributed by atoms with Crippen LogP contribution in [0.15, 0.2) is 33.7 Å². The van der Waals surface area contributed by atoms with E-state index in [0.717, 1.165) is 0 Å². The number of piperidine rings is 1. The quantitative estimate of drug-likeness (QED) is 0.813. The maximum Gasteiger partial charge on any atom is 0.435 e. The molecule has 0 unspecified atom stereocenters. The van der Waals surface area contributed by atoms with Crippen molar-refractivity contribution >= 4 is 27.7 Å². The molecule has 2 aromatic rings. The van der Waals surface area contributed by atoms with Crippen LogP contribution in [0.25, 0.3) is 0 Å². The SMILES string of the molecule is COc1cccc(F)c1C1CCN(c2cnn(C(=O)O)c(=O)c2Br)CC1. The van der Waals surface area contributed by atoms with Gasteiger partial charge in [-0.3, -0.25) is 4.79 Å². The highest BCUT2D eigenvalue weighted by Crippen LogP contribution is 2.37. The molecular formula is C17H17BrFN3O4. The predicted molar refractivity (Wildman–Crippen MR) is 96.8 cm³/mol. The second-order valence-corrected chi connectivity index (χ2v) is 6.75. The Bertz CT molecular complexity index is 894. The highest BCUT2D eigenvalue weighted by Gasteiger charge is 2.27. The largest absolute Gasteiger partial charge is 0.496 e. The Morgan fingerprint density at radius 2 is 2.08 bits per heavy atom. The first-order valence-corrected chi connectivity index (χ1v) is 8.81. The minimum atomic E-state index is -1.44. The predicted octanol–water partition coefficient (Wildman–Crippen LogP) is 3.06. The third kappa shape index (κ3) is 3.31. The Morgan fingerprint density at radius 1 is 1.38 bits per heavy atom. The molecule has 1 aromatic carbocycles. The lowest BCUT2D eigenvalue weighted by Gasteiger charge is -2.34. The van der Waals surface area contributed by atoms with Gasteiger partial charge in [0.05, 0.1) is 19.0 Å². The third-order valence-electron chi connectivity index (χ3n) is 4.56. The van der Waals surface area contributed by atoms with Crippen molar-refractivity contribution in [3.63, 3.8) is 0 Å². The summed E-state index contributed by atoms with van der Waals surface area (Å²) in [7, 11) is 1.52. The fourth-order valence-electron chi connectivity index (χ4n) is 3.28. The number of carbonyl (C=O) groups is 1. The van der Waals surface area contributed by atoms with E-state index < -0.39 is 11.7 Å². The van der Waals surface area contributed by atoms with Crippen molar-refractivity contribution in [2.75, 3.05) is 25.1 Å². The van der Waals surface area contributed by atoms with Gasteiger partial charge in [-0.15, -0.1) is 4.68 Å². The number of hydrogen-bond donors (Lipinski definition) is 1. The molecule has 0 aliphatic carbocycles. The molecule has 1 saturated heterocycles. The lowest BCUT2D eigenvalue weighted by Crippen LogP contribution is -2.36. The number of ether oxygens (including phenoxy) is 1. The van der Waals surface area contributed by atoms with Gasteiger partial charge in [0.1, 0.15) is 16.0 Å². The molecule has 138 valence electrons. The maximum atomic E-state index is 14.3. The van der Waals surface area contributed by atoms with Gasteiger partial charge in [0.2, 0.25) is 0 Å². The van der Waals surface area contributed by atoms with E-state index in [1.54, 1.807) is 12.1 Å². The second-order valence-electron chi connectivity index (χ2n) is 5.96. The zero-order valence-electron chi connectivity index (χ0n) is 14.0. The van der Waals surface area contributed by atoms with E-state index in [4.69, 9.17) is 9.84 Å². The number of rotatable bonds is 3. The molecule has 0 amide bonds. The average Bonchev–Trinajstić information content (AvgIpc) is 2.63. The summed E-state index contributed by atoms with van der Waals surface area (Å²) < 4.78 is 20.1. The molecule has 9 heteroatoms. The fourth-order valence-corrected chi connectivity index (χ4v) is 3.80. The summed E-state index contributed by atoms with van der Waals surface area (Å²) >= 11 is 3.17. The van der Waals surface area contributed by atoms with Crippen molar-refractivity contribution in [2.45, 2.75) is 18.8 Å². The molecule has 2 heterocycles. The first kappa shape index (κ1) is 18.4. The minimum Gasteiger partial charge on any atom is -0.496 e. The van der Waals surface area contributed by atoms with Gasteiger partial charge in [-0.1, -0.05) is 6.07 Å². The monoisotopic (exact) mass is 425 g/mol. The summed E-state index contributed by atoms with van der Waals surface area (Å²) in [6.07, 6.45) is 1.26. The van der Waals surface area contributed by atoms with Crippen LogP contribution in [0.4, 0.5) is 14.9 Å². The average molecular weight is 426 g/mol. The molecular weight excluding hydrogens is 409 g/mol. The molecule has 0 atom stereocenters. The molecule has 0 saturated carbocycles. The maximum absolute atomic E-state index is 14.3. The normalized spacial score (nSPS) is 15.1. The summed E-state index contributed by atoms with van der Waals surface area (Å²) in [6.45, 7) is 1.16. The van der Waals surface area contributed by atoms with Crippen molar-refractivity contribution in [1.29, 1.82) is 0 Å². The fraction of sp³-hybridized carbons (Fsp3) is 0.353. The Morgan fingerprint density at radius 3 is 2.69 bits per heavy atom. The zero-order chi connectivity index (χ0) is 18.8. The van der Waals surface area contributed by atoms with Crippen molar-refractivity contribution in [2.24, 2.45) is 0 Å². The van der Waals surface area contributed by atoms with Gasteiger partial charge in [0.15, 0.2) is 0 Å². The number of anilines is 1. The van der Waals surface area contributed by atoms with Crippen LogP contribution in [-0.2, 0) is 0 Å². The van der Waals surface area contributed by atoms with Crippen LogP contribution in [0, 0.1) is 5.82 Å². The first-order chi connectivity index (χ1) is 12.4. The highest BCUT2D eigenvalue weighted by atomic mass is 79.9. The summed E-state index contributed by atoms with van der Waals surface area (Å²) in [6, 6.07) is 4.79. The third-order valence-corrected chi connectivity index (χ3v) is 5.30. The van der Waals surface area contributed by atoms with Crippen molar-refractivity contribution in [1.82, 2.24) is 9.78 Å². The molecule has 7 nitrogen and oxygen atoms in total. The van der Waals surface area contributed by atoms with Gasteiger partial charge in [-0.2, -0.15) is 5.10 Å². The van der Waals surface area contributed by atoms with Gasteiger partial charge in [-0.25, -0.2) is 9.18 Å². The van der Waals surface area contributed by atoms with Crippen LogP contribution < -0.4 is 15.2 Å². The Kier molecular flexibility index (Phi) is 5.26. The summed E-state index contributed by atoms with van der Waals surface area (Å²) in [5.74, 6) is 0.263. The molecule has 1 aliphatic heterocycles. The standard InChI is InChI=1S/C17H17BrFN3O4/c1-26-13-4-2-3-11(19)14(13)10-5-7-21(8-6-10)12-9-20-22(17(24)25)16(23)15(12)18/h2-4,9-10H,5-8H2,1H3,(H,24,25). The number of methoxy groups -OCH3 is 1. The van der Waals surface area contributed by atoms with E-state index >= 15 is 0 Å². The molecule has 1 N–H and O–H groups in total. The molecule has 3 rings (SSSR count). The lowest BCUT2D eigenvalue weighted by atomic mass is 9.88. The smallest absolute Gasteiger partial charge is 0.435 e. The van der Waals surface area contributed by atoms with Crippen LogP contribution >= 0.6 is 15.9 Å². The van der Waals surface area contributed by atoms with Crippen molar-refractivity contribution < 1.29 is 19.0 Å². The van der Waals surface area contributed by atoms with Crippen LogP contribution in [0.5, 0.6) is 5.75 Å². The summed E-state index contributed by atoms with van der Waals surface area (Å²) in [5, 5.41) is 12.6. The molecule has 1 aromatic heterocycles. The Balaban J connectivity index is 1.81. The molecule has 1 fully saturated rings. The van der Waals surface area contributed by atoms with Gasteiger partial charge < -0.3 is 14.7 Å². The van der Waals surface area contributed by atoms with E-state index in [1.807, 2.05) is 4.90 Å². The molecule has 0 spiro atoms. The number of benzene rings is 1. The zero-order valence-corrected chi connectivity index (χ0v) is 15.6. The minimum absolute atomic E-state index is 0.00789. The van der Waals surface area contributed by atoms with Gasteiger partial charge in [0, 0.05) is 18.7 Å². The number of carboxylic acid groups (broad SMARTS) is 1.